The predicted molar refractivity (Wildman–Crippen MR) is 72.5 cm³/mol. The lowest BCUT2D eigenvalue weighted by Crippen LogP contribution is -2.54. The molecule has 1 aromatic heterocycles. The van der Waals surface area contributed by atoms with Gasteiger partial charge >= 0.3 is 0 Å². The predicted octanol–water partition coefficient (Wildman–Crippen LogP) is 3.26. The summed E-state index contributed by atoms with van der Waals surface area (Å²) in [5.74, 6) is 0.847. The molecule has 0 atom stereocenters. The minimum Gasteiger partial charge on any atom is -0.303 e. The zero-order valence-electron chi connectivity index (χ0n) is 11.0. The highest BCUT2D eigenvalue weighted by atomic mass is 32.1. The van der Waals surface area contributed by atoms with Crippen molar-refractivity contribution in [3.63, 3.8) is 0 Å². The molecule has 0 aliphatic heterocycles. The Kier molecular flexibility index (Phi) is 2.79. The van der Waals surface area contributed by atoms with E-state index >= 15 is 0 Å². The topological polar surface area (TPSA) is 24.9 Å². The Hall–Kier alpha value is -0.410. The Balaban J connectivity index is 1.88. The summed E-state index contributed by atoms with van der Waals surface area (Å²) in [6.07, 6.45) is 6.31. The molecule has 0 unspecified atom stereocenters. The molecule has 17 heavy (non-hydrogen) atoms. The lowest BCUT2D eigenvalue weighted by Gasteiger charge is -2.47. The average molecular weight is 250 g/mol. The van der Waals surface area contributed by atoms with Gasteiger partial charge in [-0.15, -0.1) is 11.3 Å². The Morgan fingerprint density at radius 3 is 2.71 bits per heavy atom. The van der Waals surface area contributed by atoms with Crippen molar-refractivity contribution in [3.05, 3.63) is 15.6 Å². The summed E-state index contributed by atoms with van der Waals surface area (Å²) in [6.45, 7) is 6.83. The SMILES string of the molecule is CC1CC(NC(C)C)(c2nc3c(s2)CCC3)C1. The van der Waals surface area contributed by atoms with Gasteiger partial charge in [-0.3, -0.25) is 0 Å². The third-order valence-electron chi connectivity index (χ3n) is 3.96. The molecule has 1 N–H and O–H groups in total. The number of nitrogens with zero attached hydrogens (tertiary/aromatic N) is 1. The minimum absolute atomic E-state index is 0.211. The van der Waals surface area contributed by atoms with Gasteiger partial charge in [0.25, 0.3) is 0 Å². The number of thiazole rings is 1. The molecule has 1 fully saturated rings. The molecule has 2 aliphatic carbocycles. The molecule has 0 aromatic carbocycles. The maximum Gasteiger partial charge on any atom is 0.113 e. The minimum atomic E-state index is 0.211. The van der Waals surface area contributed by atoms with Crippen LogP contribution in [0.15, 0.2) is 0 Å². The molecular weight excluding hydrogens is 228 g/mol. The average Bonchev–Trinajstić information content (AvgIpc) is 2.72. The maximum absolute atomic E-state index is 4.93. The van der Waals surface area contributed by atoms with Gasteiger partial charge in [-0.1, -0.05) is 6.92 Å². The summed E-state index contributed by atoms with van der Waals surface area (Å²) in [5, 5.41) is 5.15. The van der Waals surface area contributed by atoms with E-state index in [1.807, 2.05) is 11.3 Å². The van der Waals surface area contributed by atoms with Crippen LogP contribution in [-0.4, -0.2) is 11.0 Å². The van der Waals surface area contributed by atoms with E-state index in [9.17, 15) is 0 Å². The molecule has 2 aliphatic rings. The third-order valence-corrected chi connectivity index (χ3v) is 5.33. The van der Waals surface area contributed by atoms with Crippen molar-refractivity contribution in [3.8, 4) is 0 Å². The van der Waals surface area contributed by atoms with Gasteiger partial charge < -0.3 is 5.32 Å². The maximum atomic E-state index is 4.93. The fourth-order valence-electron chi connectivity index (χ4n) is 3.43. The summed E-state index contributed by atoms with van der Waals surface area (Å²) in [4.78, 5) is 6.49. The Bertz CT molecular complexity index is 394. The number of hydrogen-bond donors (Lipinski definition) is 1. The molecular formula is C14H22N2S. The van der Waals surface area contributed by atoms with Crippen LogP contribution in [0.25, 0.3) is 0 Å². The van der Waals surface area contributed by atoms with Crippen LogP contribution in [0.3, 0.4) is 0 Å². The summed E-state index contributed by atoms with van der Waals surface area (Å²) in [5.41, 5.74) is 1.61. The first kappa shape index (κ1) is 11.7. The first-order chi connectivity index (χ1) is 8.09. The van der Waals surface area contributed by atoms with Crippen molar-refractivity contribution >= 4 is 11.3 Å². The van der Waals surface area contributed by atoms with Crippen LogP contribution in [0.4, 0.5) is 0 Å². The van der Waals surface area contributed by atoms with Crippen molar-refractivity contribution in [1.82, 2.24) is 10.3 Å². The van der Waals surface area contributed by atoms with Crippen LogP contribution in [0, 0.1) is 5.92 Å². The van der Waals surface area contributed by atoms with Crippen LogP contribution in [0.5, 0.6) is 0 Å². The van der Waals surface area contributed by atoms with Gasteiger partial charge in [0.2, 0.25) is 0 Å². The first-order valence-electron chi connectivity index (χ1n) is 6.86. The van der Waals surface area contributed by atoms with E-state index in [0.29, 0.717) is 6.04 Å². The molecule has 0 radical (unpaired) electrons. The van der Waals surface area contributed by atoms with E-state index in [-0.39, 0.29) is 5.54 Å². The molecule has 0 bridgehead atoms. The van der Waals surface area contributed by atoms with E-state index in [1.54, 1.807) is 4.88 Å². The fourth-order valence-corrected chi connectivity index (χ4v) is 4.75. The van der Waals surface area contributed by atoms with Crippen molar-refractivity contribution in [2.45, 2.75) is 64.5 Å². The molecule has 0 amide bonds. The lowest BCUT2D eigenvalue weighted by atomic mass is 9.69. The van der Waals surface area contributed by atoms with Gasteiger partial charge in [-0.25, -0.2) is 4.98 Å². The number of aromatic nitrogens is 1. The normalized spacial score (nSPS) is 31.6. The van der Waals surface area contributed by atoms with Crippen LogP contribution in [0.1, 0.15) is 55.6 Å². The number of nitrogens with one attached hydrogen (secondary N) is 1. The summed E-state index contributed by atoms with van der Waals surface area (Å²) in [7, 11) is 0. The van der Waals surface area contributed by atoms with Gasteiger partial charge in [0.05, 0.1) is 11.2 Å². The monoisotopic (exact) mass is 250 g/mol. The van der Waals surface area contributed by atoms with E-state index < -0.39 is 0 Å². The standard InChI is InChI=1S/C14H22N2S/c1-9(2)16-14(7-10(3)8-14)13-15-11-5-4-6-12(11)17-13/h9-10,16H,4-8H2,1-3H3. The quantitative estimate of drug-likeness (QED) is 0.890. The summed E-state index contributed by atoms with van der Waals surface area (Å²) >= 11 is 1.98. The molecule has 0 spiro atoms. The Morgan fingerprint density at radius 2 is 2.12 bits per heavy atom. The lowest BCUT2D eigenvalue weighted by molar-refractivity contribution is 0.104. The third kappa shape index (κ3) is 1.93. The van der Waals surface area contributed by atoms with E-state index in [4.69, 9.17) is 4.98 Å². The van der Waals surface area contributed by atoms with E-state index in [2.05, 4.69) is 26.1 Å². The largest absolute Gasteiger partial charge is 0.303 e. The highest BCUT2D eigenvalue weighted by Gasteiger charge is 2.46. The second kappa shape index (κ2) is 4.06. The highest BCUT2D eigenvalue weighted by Crippen LogP contribution is 2.48. The Labute approximate surface area is 108 Å². The van der Waals surface area contributed by atoms with Crippen LogP contribution in [-0.2, 0) is 18.4 Å². The van der Waals surface area contributed by atoms with Crippen molar-refractivity contribution < 1.29 is 0 Å². The molecule has 2 nitrogen and oxygen atoms in total. The van der Waals surface area contributed by atoms with Gasteiger partial charge in [-0.05, 0) is 51.9 Å². The smallest absolute Gasteiger partial charge is 0.113 e. The van der Waals surface area contributed by atoms with Crippen molar-refractivity contribution in [2.75, 3.05) is 0 Å². The number of rotatable bonds is 3. The van der Waals surface area contributed by atoms with Gasteiger partial charge in [0, 0.05) is 10.9 Å². The molecule has 1 saturated carbocycles. The van der Waals surface area contributed by atoms with E-state index in [0.717, 1.165) is 5.92 Å². The van der Waals surface area contributed by atoms with Crippen LogP contribution >= 0.6 is 11.3 Å². The van der Waals surface area contributed by atoms with Gasteiger partial charge in [-0.2, -0.15) is 0 Å². The van der Waals surface area contributed by atoms with Crippen LogP contribution in [0.2, 0.25) is 0 Å². The molecule has 0 saturated heterocycles. The highest BCUT2D eigenvalue weighted by molar-refractivity contribution is 7.12. The zero-order chi connectivity index (χ0) is 12.0. The van der Waals surface area contributed by atoms with Crippen molar-refractivity contribution in [2.24, 2.45) is 5.92 Å². The molecule has 1 heterocycles. The molecule has 1 aromatic rings. The number of fused-ring (bicyclic) bond motifs is 1. The van der Waals surface area contributed by atoms with Gasteiger partial charge in [0.1, 0.15) is 5.01 Å². The summed E-state index contributed by atoms with van der Waals surface area (Å²) in [6, 6.07) is 0.543. The molecule has 3 rings (SSSR count). The fraction of sp³-hybridized carbons (Fsp3) is 0.786. The second-order valence-corrected chi connectivity index (χ2v) is 7.22. The zero-order valence-corrected chi connectivity index (χ0v) is 11.9. The Morgan fingerprint density at radius 1 is 1.35 bits per heavy atom. The second-order valence-electron chi connectivity index (χ2n) is 6.14. The van der Waals surface area contributed by atoms with Gasteiger partial charge in [0.15, 0.2) is 0 Å². The van der Waals surface area contributed by atoms with Crippen molar-refractivity contribution in [1.29, 1.82) is 0 Å². The number of aryl methyl sites for hydroxylation is 2. The first-order valence-corrected chi connectivity index (χ1v) is 7.67. The number of hydrogen-bond acceptors (Lipinski definition) is 3. The molecule has 94 valence electrons. The summed E-state index contributed by atoms with van der Waals surface area (Å²) < 4.78 is 0. The van der Waals surface area contributed by atoms with Crippen LogP contribution < -0.4 is 5.32 Å². The van der Waals surface area contributed by atoms with E-state index in [1.165, 1.54) is 42.8 Å². The molecule has 3 heteroatoms.